The summed E-state index contributed by atoms with van der Waals surface area (Å²) in [5.74, 6) is 0.382. The van der Waals surface area contributed by atoms with Gasteiger partial charge in [0.2, 0.25) is 0 Å². The fraction of sp³-hybridized carbons (Fsp3) is 0.556. The second-order valence-corrected chi connectivity index (χ2v) is 3.82. The summed E-state index contributed by atoms with van der Waals surface area (Å²) in [6.45, 7) is 1.41. The summed E-state index contributed by atoms with van der Waals surface area (Å²) >= 11 is 0. The molecule has 0 bridgehead atoms. The number of nitrogens with two attached hydrogens (primary N) is 1. The smallest absolute Gasteiger partial charge is 0.290 e. The lowest BCUT2D eigenvalue weighted by atomic mass is 10.1. The summed E-state index contributed by atoms with van der Waals surface area (Å²) in [7, 11) is 0. The van der Waals surface area contributed by atoms with Gasteiger partial charge in [-0.05, 0) is 24.8 Å². The minimum absolute atomic E-state index is 0.180. The van der Waals surface area contributed by atoms with Crippen molar-refractivity contribution in [2.24, 2.45) is 11.1 Å². The van der Waals surface area contributed by atoms with E-state index in [9.17, 15) is 4.79 Å². The predicted octanol–water partition coefficient (Wildman–Crippen LogP) is -0.0793. The molecule has 0 amide bonds. The van der Waals surface area contributed by atoms with Crippen LogP contribution < -0.4 is 16.6 Å². The standard InChI is InChI=1S/C9H14N4O/c10-5-9(1-2-9)6-13-7-8(14)12-4-3-11-7/h3-4H,1-2,5-6,10H2,(H,11,13)(H,12,14). The molecule has 1 aromatic heterocycles. The molecule has 0 unspecified atom stereocenters. The highest BCUT2D eigenvalue weighted by molar-refractivity contribution is 5.31. The van der Waals surface area contributed by atoms with E-state index >= 15 is 0 Å². The zero-order chi connectivity index (χ0) is 10.0. The number of aromatic nitrogens is 2. The van der Waals surface area contributed by atoms with Gasteiger partial charge in [-0.1, -0.05) is 0 Å². The molecule has 0 aromatic carbocycles. The van der Waals surface area contributed by atoms with E-state index in [1.165, 1.54) is 6.20 Å². The molecule has 4 N–H and O–H groups in total. The summed E-state index contributed by atoms with van der Waals surface area (Å²) in [4.78, 5) is 17.7. The molecule has 1 heterocycles. The van der Waals surface area contributed by atoms with Gasteiger partial charge >= 0.3 is 0 Å². The van der Waals surface area contributed by atoms with Gasteiger partial charge in [-0.3, -0.25) is 4.79 Å². The fourth-order valence-corrected chi connectivity index (χ4v) is 1.38. The first kappa shape index (κ1) is 9.21. The molecular formula is C9H14N4O. The normalized spacial score (nSPS) is 17.8. The average Bonchev–Trinajstić information content (AvgIpc) is 2.98. The lowest BCUT2D eigenvalue weighted by Gasteiger charge is -2.12. The zero-order valence-corrected chi connectivity index (χ0v) is 7.92. The predicted molar refractivity (Wildman–Crippen MR) is 54.1 cm³/mol. The molecule has 0 aliphatic heterocycles. The third-order valence-electron chi connectivity index (χ3n) is 2.73. The molecule has 76 valence electrons. The Kier molecular flexibility index (Phi) is 2.25. The van der Waals surface area contributed by atoms with E-state index < -0.39 is 0 Å². The fourth-order valence-electron chi connectivity index (χ4n) is 1.38. The van der Waals surface area contributed by atoms with Crippen LogP contribution in [0.5, 0.6) is 0 Å². The second kappa shape index (κ2) is 3.42. The topological polar surface area (TPSA) is 83.8 Å². The maximum Gasteiger partial charge on any atom is 0.290 e. The number of nitrogens with one attached hydrogen (secondary N) is 2. The van der Waals surface area contributed by atoms with Gasteiger partial charge in [0.1, 0.15) is 0 Å². The summed E-state index contributed by atoms with van der Waals surface area (Å²) in [5, 5.41) is 3.03. The first-order chi connectivity index (χ1) is 6.76. The molecule has 0 atom stereocenters. The highest BCUT2D eigenvalue weighted by Crippen LogP contribution is 2.44. The maximum atomic E-state index is 11.2. The number of aromatic amines is 1. The van der Waals surface area contributed by atoms with Crippen LogP contribution in [0.15, 0.2) is 17.2 Å². The molecule has 0 radical (unpaired) electrons. The number of hydrogen-bond acceptors (Lipinski definition) is 4. The molecule has 2 rings (SSSR count). The Morgan fingerprint density at radius 1 is 1.64 bits per heavy atom. The lowest BCUT2D eigenvalue weighted by molar-refractivity contribution is 0.554. The van der Waals surface area contributed by atoms with Crippen molar-refractivity contribution in [3.8, 4) is 0 Å². The van der Waals surface area contributed by atoms with E-state index in [4.69, 9.17) is 5.73 Å². The molecule has 1 aliphatic carbocycles. The van der Waals surface area contributed by atoms with Crippen molar-refractivity contribution in [3.05, 3.63) is 22.7 Å². The molecular weight excluding hydrogens is 180 g/mol. The number of H-pyrrole nitrogens is 1. The minimum atomic E-state index is -0.180. The Balaban J connectivity index is 1.99. The van der Waals surface area contributed by atoms with Crippen LogP contribution in [0.2, 0.25) is 0 Å². The number of rotatable bonds is 4. The van der Waals surface area contributed by atoms with Crippen LogP contribution >= 0.6 is 0 Å². The average molecular weight is 194 g/mol. The molecule has 1 saturated carbocycles. The zero-order valence-electron chi connectivity index (χ0n) is 7.92. The molecule has 5 heteroatoms. The summed E-state index contributed by atoms with van der Waals surface area (Å²) in [6, 6.07) is 0. The van der Waals surface area contributed by atoms with Gasteiger partial charge in [-0.15, -0.1) is 0 Å². The van der Waals surface area contributed by atoms with E-state index in [-0.39, 0.29) is 11.0 Å². The minimum Gasteiger partial charge on any atom is -0.365 e. The van der Waals surface area contributed by atoms with Gasteiger partial charge in [0.15, 0.2) is 5.82 Å². The molecule has 1 fully saturated rings. The molecule has 14 heavy (non-hydrogen) atoms. The van der Waals surface area contributed by atoms with E-state index in [1.807, 2.05) is 0 Å². The number of anilines is 1. The van der Waals surface area contributed by atoms with Gasteiger partial charge in [-0.2, -0.15) is 0 Å². The molecule has 1 aromatic rings. The van der Waals surface area contributed by atoms with Gasteiger partial charge in [0.25, 0.3) is 5.56 Å². The van der Waals surface area contributed by atoms with Crippen LogP contribution in [0, 0.1) is 5.41 Å². The Labute approximate surface area is 81.7 Å². The van der Waals surface area contributed by atoms with E-state index in [0.29, 0.717) is 12.4 Å². The van der Waals surface area contributed by atoms with Gasteiger partial charge in [0.05, 0.1) is 0 Å². The number of hydrogen-bond donors (Lipinski definition) is 3. The summed E-state index contributed by atoms with van der Waals surface area (Å²) < 4.78 is 0. The van der Waals surface area contributed by atoms with Crippen molar-refractivity contribution in [1.82, 2.24) is 9.97 Å². The highest BCUT2D eigenvalue weighted by atomic mass is 16.1. The van der Waals surface area contributed by atoms with Crippen molar-refractivity contribution >= 4 is 5.82 Å². The summed E-state index contributed by atoms with van der Waals surface area (Å²) in [6.07, 6.45) is 5.36. The van der Waals surface area contributed by atoms with E-state index in [0.717, 1.165) is 19.4 Å². The van der Waals surface area contributed by atoms with Crippen molar-refractivity contribution < 1.29 is 0 Å². The lowest BCUT2D eigenvalue weighted by Crippen LogP contribution is -2.27. The summed E-state index contributed by atoms with van der Waals surface area (Å²) in [5.41, 5.74) is 5.66. The molecule has 5 nitrogen and oxygen atoms in total. The third-order valence-corrected chi connectivity index (χ3v) is 2.73. The Morgan fingerprint density at radius 3 is 3.00 bits per heavy atom. The van der Waals surface area contributed by atoms with Crippen LogP contribution in [0.3, 0.4) is 0 Å². The van der Waals surface area contributed by atoms with Gasteiger partial charge < -0.3 is 16.0 Å². The first-order valence-corrected chi connectivity index (χ1v) is 4.73. The molecule has 1 aliphatic rings. The van der Waals surface area contributed by atoms with Crippen molar-refractivity contribution in [2.45, 2.75) is 12.8 Å². The van der Waals surface area contributed by atoms with Gasteiger partial charge in [0, 0.05) is 18.9 Å². The number of nitrogens with zero attached hydrogens (tertiary/aromatic N) is 1. The Bertz CT molecular complexity index is 369. The third kappa shape index (κ3) is 1.77. The molecule has 0 saturated heterocycles. The monoisotopic (exact) mass is 194 g/mol. The Hall–Kier alpha value is -1.36. The maximum absolute atomic E-state index is 11.2. The quantitative estimate of drug-likeness (QED) is 0.626. The van der Waals surface area contributed by atoms with Crippen molar-refractivity contribution in [2.75, 3.05) is 18.4 Å². The van der Waals surface area contributed by atoms with Crippen molar-refractivity contribution in [3.63, 3.8) is 0 Å². The van der Waals surface area contributed by atoms with Crippen LogP contribution in [-0.4, -0.2) is 23.1 Å². The van der Waals surface area contributed by atoms with Crippen LogP contribution in [0.4, 0.5) is 5.82 Å². The van der Waals surface area contributed by atoms with E-state index in [2.05, 4.69) is 15.3 Å². The highest BCUT2D eigenvalue weighted by Gasteiger charge is 2.40. The van der Waals surface area contributed by atoms with E-state index in [1.54, 1.807) is 6.20 Å². The second-order valence-electron chi connectivity index (χ2n) is 3.82. The SMILES string of the molecule is NCC1(CNc2ncc[nH]c2=O)CC1. The largest absolute Gasteiger partial charge is 0.365 e. The van der Waals surface area contributed by atoms with Crippen LogP contribution in [0.25, 0.3) is 0 Å². The van der Waals surface area contributed by atoms with Crippen LogP contribution in [-0.2, 0) is 0 Å². The Morgan fingerprint density at radius 2 is 2.43 bits per heavy atom. The van der Waals surface area contributed by atoms with Crippen LogP contribution in [0.1, 0.15) is 12.8 Å². The van der Waals surface area contributed by atoms with Gasteiger partial charge in [-0.25, -0.2) is 4.98 Å². The van der Waals surface area contributed by atoms with Crippen molar-refractivity contribution in [1.29, 1.82) is 0 Å². The first-order valence-electron chi connectivity index (χ1n) is 4.73. The molecule has 0 spiro atoms.